The molecule has 1 atom stereocenters. The van der Waals surface area contributed by atoms with Crippen molar-refractivity contribution in [2.75, 3.05) is 25.5 Å². The van der Waals surface area contributed by atoms with Crippen LogP contribution in [-0.2, 0) is 11.3 Å². The summed E-state index contributed by atoms with van der Waals surface area (Å²) < 4.78 is 5.20. The molecule has 1 saturated heterocycles. The van der Waals surface area contributed by atoms with Crippen molar-refractivity contribution >= 4 is 23.2 Å². The van der Waals surface area contributed by atoms with Crippen LogP contribution in [0.2, 0.25) is 5.02 Å². The topological polar surface area (TPSA) is 41.6 Å². The lowest BCUT2D eigenvalue weighted by Crippen LogP contribution is -2.40. The Morgan fingerprint density at radius 3 is 2.92 bits per heavy atom. The Balaban J connectivity index is 1.60. The van der Waals surface area contributed by atoms with E-state index in [-0.39, 0.29) is 11.8 Å². The summed E-state index contributed by atoms with van der Waals surface area (Å²) in [5.74, 6) is 0.793. The van der Waals surface area contributed by atoms with Crippen molar-refractivity contribution in [1.82, 2.24) is 4.90 Å². The van der Waals surface area contributed by atoms with Gasteiger partial charge in [0.15, 0.2) is 0 Å². The highest BCUT2D eigenvalue weighted by Gasteiger charge is 2.26. The molecule has 0 bridgehead atoms. The van der Waals surface area contributed by atoms with Crippen molar-refractivity contribution < 1.29 is 9.53 Å². The molecular formula is C20H23ClN2O2. The summed E-state index contributed by atoms with van der Waals surface area (Å²) in [5, 5.41) is 3.79. The Labute approximate surface area is 153 Å². The first-order valence-electron chi connectivity index (χ1n) is 8.56. The van der Waals surface area contributed by atoms with Crippen LogP contribution in [0.15, 0.2) is 48.5 Å². The molecule has 4 nitrogen and oxygen atoms in total. The molecule has 1 N–H and O–H groups in total. The fourth-order valence-corrected chi connectivity index (χ4v) is 3.42. The van der Waals surface area contributed by atoms with Gasteiger partial charge in [0.2, 0.25) is 5.91 Å². The molecular weight excluding hydrogens is 336 g/mol. The summed E-state index contributed by atoms with van der Waals surface area (Å²) in [7, 11) is 1.62. The van der Waals surface area contributed by atoms with Gasteiger partial charge in [0, 0.05) is 29.9 Å². The second kappa shape index (κ2) is 8.37. The summed E-state index contributed by atoms with van der Waals surface area (Å²) in [6.45, 7) is 2.53. The monoisotopic (exact) mass is 358 g/mol. The Morgan fingerprint density at radius 1 is 1.28 bits per heavy atom. The van der Waals surface area contributed by atoms with Crippen LogP contribution in [0.5, 0.6) is 5.75 Å². The molecule has 0 aromatic heterocycles. The van der Waals surface area contributed by atoms with E-state index in [2.05, 4.69) is 10.2 Å². The minimum Gasteiger partial charge on any atom is -0.497 e. The van der Waals surface area contributed by atoms with Gasteiger partial charge in [-0.2, -0.15) is 0 Å². The van der Waals surface area contributed by atoms with Crippen LogP contribution < -0.4 is 10.1 Å². The summed E-state index contributed by atoms with van der Waals surface area (Å²) in [6.07, 6.45) is 1.93. The Hall–Kier alpha value is -2.04. The number of benzene rings is 2. The number of carbonyl (C=O) groups excluding carboxylic acids is 1. The van der Waals surface area contributed by atoms with Gasteiger partial charge >= 0.3 is 0 Å². The number of rotatable bonds is 5. The third-order valence-corrected chi connectivity index (χ3v) is 4.93. The average molecular weight is 359 g/mol. The zero-order chi connectivity index (χ0) is 17.6. The van der Waals surface area contributed by atoms with Gasteiger partial charge in [0.1, 0.15) is 5.75 Å². The first-order valence-corrected chi connectivity index (χ1v) is 8.94. The standard InChI is InChI=1S/C20H23ClN2O2/c1-25-18-9-4-8-17(12-18)22-20(24)16-7-5-11-23(14-16)13-15-6-2-3-10-19(15)21/h2-4,6,8-10,12,16H,5,7,11,13-14H2,1H3,(H,22,24)/t16-/m1/s1. The minimum absolute atomic E-state index is 0.0116. The molecule has 1 fully saturated rings. The van der Waals surface area contributed by atoms with Gasteiger partial charge in [-0.05, 0) is 43.1 Å². The molecule has 2 aromatic carbocycles. The van der Waals surface area contributed by atoms with Crippen molar-refractivity contribution in [2.24, 2.45) is 5.92 Å². The molecule has 1 heterocycles. The van der Waals surface area contributed by atoms with Crippen molar-refractivity contribution in [3.05, 3.63) is 59.1 Å². The molecule has 0 saturated carbocycles. The fraction of sp³-hybridized carbons (Fsp3) is 0.350. The van der Waals surface area contributed by atoms with E-state index in [0.717, 1.165) is 54.5 Å². The third-order valence-electron chi connectivity index (χ3n) is 4.57. The van der Waals surface area contributed by atoms with Crippen LogP contribution in [-0.4, -0.2) is 31.0 Å². The Morgan fingerprint density at radius 2 is 2.12 bits per heavy atom. The van der Waals surface area contributed by atoms with Crippen LogP contribution >= 0.6 is 11.6 Å². The van der Waals surface area contributed by atoms with Crippen LogP contribution in [0.3, 0.4) is 0 Å². The number of likely N-dealkylation sites (tertiary alicyclic amines) is 1. The molecule has 2 aromatic rings. The zero-order valence-corrected chi connectivity index (χ0v) is 15.1. The SMILES string of the molecule is COc1cccc(NC(=O)[C@@H]2CCCN(Cc3ccccc3Cl)C2)c1. The molecule has 3 rings (SSSR count). The van der Waals surface area contributed by atoms with E-state index in [4.69, 9.17) is 16.3 Å². The lowest BCUT2D eigenvalue weighted by atomic mass is 9.96. The fourth-order valence-electron chi connectivity index (χ4n) is 3.23. The highest BCUT2D eigenvalue weighted by Crippen LogP contribution is 2.24. The van der Waals surface area contributed by atoms with Gasteiger partial charge in [-0.1, -0.05) is 35.9 Å². The molecule has 132 valence electrons. The highest BCUT2D eigenvalue weighted by atomic mass is 35.5. The van der Waals surface area contributed by atoms with E-state index in [0.29, 0.717) is 0 Å². The molecule has 5 heteroatoms. The maximum atomic E-state index is 12.6. The first kappa shape index (κ1) is 17.8. The summed E-state index contributed by atoms with van der Waals surface area (Å²) in [4.78, 5) is 14.9. The van der Waals surface area contributed by atoms with E-state index in [1.807, 2.05) is 48.5 Å². The number of ether oxygens (including phenoxy) is 1. The highest BCUT2D eigenvalue weighted by molar-refractivity contribution is 6.31. The van der Waals surface area contributed by atoms with E-state index in [1.54, 1.807) is 7.11 Å². The summed E-state index contributed by atoms with van der Waals surface area (Å²) >= 11 is 6.26. The van der Waals surface area contributed by atoms with Gasteiger partial charge < -0.3 is 10.1 Å². The quantitative estimate of drug-likeness (QED) is 0.870. The smallest absolute Gasteiger partial charge is 0.228 e. The number of anilines is 1. The summed E-state index contributed by atoms with van der Waals surface area (Å²) in [5.41, 5.74) is 1.88. The number of halogens is 1. The second-order valence-electron chi connectivity index (χ2n) is 6.39. The van der Waals surface area contributed by atoms with Gasteiger partial charge in [-0.15, -0.1) is 0 Å². The van der Waals surface area contributed by atoms with Crippen LogP contribution in [0.4, 0.5) is 5.69 Å². The van der Waals surface area contributed by atoms with Crippen LogP contribution in [0.1, 0.15) is 18.4 Å². The van der Waals surface area contributed by atoms with Crippen LogP contribution in [0, 0.1) is 5.92 Å². The van der Waals surface area contributed by atoms with E-state index in [1.165, 1.54) is 0 Å². The van der Waals surface area contributed by atoms with Gasteiger partial charge in [-0.3, -0.25) is 9.69 Å². The summed E-state index contributed by atoms with van der Waals surface area (Å²) in [6, 6.07) is 15.3. The molecule has 0 radical (unpaired) electrons. The number of amides is 1. The zero-order valence-electron chi connectivity index (χ0n) is 14.4. The van der Waals surface area contributed by atoms with Crippen molar-refractivity contribution in [2.45, 2.75) is 19.4 Å². The van der Waals surface area contributed by atoms with Crippen molar-refractivity contribution in [3.8, 4) is 5.75 Å². The maximum Gasteiger partial charge on any atom is 0.228 e. The molecule has 0 unspecified atom stereocenters. The van der Waals surface area contributed by atoms with Crippen molar-refractivity contribution in [3.63, 3.8) is 0 Å². The molecule has 0 spiro atoms. The second-order valence-corrected chi connectivity index (χ2v) is 6.79. The lowest BCUT2D eigenvalue weighted by molar-refractivity contribution is -0.121. The number of hydrogen-bond donors (Lipinski definition) is 1. The number of piperidine rings is 1. The minimum atomic E-state index is -0.0116. The van der Waals surface area contributed by atoms with Gasteiger partial charge in [0.05, 0.1) is 13.0 Å². The molecule has 25 heavy (non-hydrogen) atoms. The van der Waals surface area contributed by atoms with E-state index >= 15 is 0 Å². The normalized spacial score (nSPS) is 17.9. The number of nitrogens with zero attached hydrogens (tertiary/aromatic N) is 1. The molecule has 1 amide bonds. The molecule has 1 aliphatic rings. The predicted octanol–water partition coefficient (Wildman–Crippen LogP) is 4.20. The molecule has 0 aliphatic carbocycles. The third kappa shape index (κ3) is 4.74. The largest absolute Gasteiger partial charge is 0.497 e. The number of carbonyl (C=O) groups is 1. The molecule has 1 aliphatic heterocycles. The van der Waals surface area contributed by atoms with Crippen molar-refractivity contribution in [1.29, 1.82) is 0 Å². The maximum absolute atomic E-state index is 12.6. The van der Waals surface area contributed by atoms with Gasteiger partial charge in [0.25, 0.3) is 0 Å². The van der Waals surface area contributed by atoms with Crippen LogP contribution in [0.25, 0.3) is 0 Å². The average Bonchev–Trinajstić information content (AvgIpc) is 2.64. The Kier molecular flexibility index (Phi) is 5.95. The van der Waals surface area contributed by atoms with Gasteiger partial charge in [-0.25, -0.2) is 0 Å². The van der Waals surface area contributed by atoms with E-state index in [9.17, 15) is 4.79 Å². The number of nitrogens with one attached hydrogen (secondary N) is 1. The predicted molar refractivity (Wildman–Crippen MR) is 101 cm³/mol. The number of hydrogen-bond acceptors (Lipinski definition) is 3. The number of methoxy groups -OCH3 is 1. The lowest BCUT2D eigenvalue weighted by Gasteiger charge is -2.32. The first-order chi connectivity index (χ1) is 12.2. The van der Waals surface area contributed by atoms with E-state index < -0.39 is 0 Å². The Bertz CT molecular complexity index is 735.